The molecular formula is C22H22ClN5. The van der Waals surface area contributed by atoms with Crippen molar-refractivity contribution in [2.24, 2.45) is 0 Å². The molecule has 6 heteroatoms. The summed E-state index contributed by atoms with van der Waals surface area (Å²) in [5.41, 5.74) is 3.83. The Labute approximate surface area is 170 Å². The average Bonchev–Trinajstić information content (AvgIpc) is 3.18. The van der Waals surface area contributed by atoms with Gasteiger partial charge in [0.1, 0.15) is 5.82 Å². The third-order valence-corrected chi connectivity index (χ3v) is 5.76. The smallest absolute Gasteiger partial charge is 0.227 e. The maximum absolute atomic E-state index is 6.14. The number of aromatic nitrogens is 2. The maximum Gasteiger partial charge on any atom is 0.227 e. The lowest BCUT2D eigenvalue weighted by Gasteiger charge is -2.36. The molecule has 0 radical (unpaired) electrons. The summed E-state index contributed by atoms with van der Waals surface area (Å²) in [4.78, 5) is 16.4. The van der Waals surface area contributed by atoms with E-state index in [9.17, 15) is 0 Å². The van der Waals surface area contributed by atoms with E-state index in [1.165, 1.54) is 16.9 Å². The van der Waals surface area contributed by atoms with E-state index < -0.39 is 0 Å². The molecule has 5 rings (SSSR count). The lowest BCUT2D eigenvalue weighted by atomic mass is 10.2. The third-order valence-electron chi connectivity index (χ3n) is 5.53. The first-order chi connectivity index (χ1) is 13.8. The van der Waals surface area contributed by atoms with Crippen molar-refractivity contribution in [1.29, 1.82) is 0 Å². The summed E-state index contributed by atoms with van der Waals surface area (Å²) >= 11 is 6.14. The highest BCUT2D eigenvalue weighted by Gasteiger charge is 2.23. The highest BCUT2D eigenvalue weighted by molar-refractivity contribution is 6.30. The minimum Gasteiger partial charge on any atom is -0.368 e. The molecule has 0 amide bonds. The number of hydrogen-bond donors (Lipinski definition) is 0. The normalized spacial score (nSPS) is 16.4. The van der Waals surface area contributed by atoms with E-state index in [0.29, 0.717) is 0 Å². The summed E-state index contributed by atoms with van der Waals surface area (Å²) in [6.45, 7) is 4.62. The quantitative estimate of drug-likeness (QED) is 0.670. The van der Waals surface area contributed by atoms with Gasteiger partial charge in [-0.1, -0.05) is 35.9 Å². The van der Waals surface area contributed by atoms with Crippen LogP contribution < -0.4 is 14.7 Å². The van der Waals surface area contributed by atoms with Gasteiger partial charge in [-0.3, -0.25) is 0 Å². The van der Waals surface area contributed by atoms with Gasteiger partial charge >= 0.3 is 0 Å². The Bertz CT molecular complexity index is 984. The third kappa shape index (κ3) is 3.27. The summed E-state index contributed by atoms with van der Waals surface area (Å²) in [5, 5.41) is 0.779. The Kier molecular flexibility index (Phi) is 4.53. The average molecular weight is 392 g/mol. The fourth-order valence-corrected chi connectivity index (χ4v) is 4.24. The van der Waals surface area contributed by atoms with Crippen molar-refractivity contribution >= 4 is 34.7 Å². The number of benzene rings is 2. The van der Waals surface area contributed by atoms with Crippen LogP contribution in [0.5, 0.6) is 0 Å². The monoisotopic (exact) mass is 391 g/mol. The number of halogens is 1. The molecule has 1 aromatic heterocycles. The van der Waals surface area contributed by atoms with Crippen molar-refractivity contribution in [1.82, 2.24) is 9.97 Å². The first-order valence-electron chi connectivity index (χ1n) is 9.72. The van der Waals surface area contributed by atoms with Crippen molar-refractivity contribution in [2.45, 2.75) is 6.42 Å². The van der Waals surface area contributed by atoms with Gasteiger partial charge < -0.3 is 14.7 Å². The summed E-state index contributed by atoms with van der Waals surface area (Å²) in [7, 11) is 0. The van der Waals surface area contributed by atoms with Crippen LogP contribution >= 0.6 is 11.6 Å². The van der Waals surface area contributed by atoms with Crippen molar-refractivity contribution in [3.8, 4) is 0 Å². The Morgan fingerprint density at radius 2 is 1.64 bits per heavy atom. The predicted octanol–water partition coefficient (Wildman–Crippen LogP) is 4.15. The molecule has 0 N–H and O–H groups in total. The summed E-state index contributed by atoms with van der Waals surface area (Å²) < 4.78 is 0. The van der Waals surface area contributed by atoms with Crippen LogP contribution in [0.15, 0.2) is 60.8 Å². The molecule has 1 fully saturated rings. The number of para-hydroxylation sites is 1. The molecule has 3 aromatic rings. The Balaban J connectivity index is 1.31. The molecule has 0 unspecified atom stereocenters. The molecule has 0 spiro atoms. The summed E-state index contributed by atoms with van der Waals surface area (Å²) in [6.07, 6.45) is 2.94. The zero-order valence-corrected chi connectivity index (χ0v) is 16.4. The van der Waals surface area contributed by atoms with Crippen LogP contribution in [0.3, 0.4) is 0 Å². The first kappa shape index (κ1) is 17.3. The van der Waals surface area contributed by atoms with Crippen LogP contribution in [0, 0.1) is 0 Å². The minimum atomic E-state index is 0.779. The topological polar surface area (TPSA) is 35.5 Å². The molecular weight excluding hydrogens is 370 g/mol. The largest absolute Gasteiger partial charge is 0.368 e. The van der Waals surface area contributed by atoms with Gasteiger partial charge in [0.2, 0.25) is 5.95 Å². The van der Waals surface area contributed by atoms with E-state index in [1.54, 1.807) is 0 Å². The zero-order valence-electron chi connectivity index (χ0n) is 15.6. The van der Waals surface area contributed by atoms with Gasteiger partial charge in [0, 0.05) is 55.3 Å². The van der Waals surface area contributed by atoms with Gasteiger partial charge in [-0.25, -0.2) is 4.98 Å². The molecule has 0 bridgehead atoms. The van der Waals surface area contributed by atoms with Crippen molar-refractivity contribution in [3.05, 3.63) is 71.4 Å². The highest BCUT2D eigenvalue weighted by Crippen LogP contribution is 2.33. The van der Waals surface area contributed by atoms with Crippen LogP contribution in [-0.4, -0.2) is 42.7 Å². The molecule has 2 aliphatic rings. The second-order valence-corrected chi connectivity index (χ2v) is 7.64. The second kappa shape index (κ2) is 7.32. The van der Waals surface area contributed by atoms with Crippen LogP contribution in [0.2, 0.25) is 5.02 Å². The molecule has 28 heavy (non-hydrogen) atoms. The standard InChI is InChI=1S/C22H22ClN5/c23-18-5-3-6-19(16-18)26-12-14-27(15-13-26)22-24-10-8-21(25-22)28-11-9-17-4-1-2-7-20(17)28/h1-8,10,16H,9,11-15H2. The van der Waals surface area contributed by atoms with Crippen LogP contribution in [-0.2, 0) is 6.42 Å². The van der Waals surface area contributed by atoms with E-state index in [1.807, 2.05) is 30.5 Å². The molecule has 3 heterocycles. The fourth-order valence-electron chi connectivity index (χ4n) is 4.06. The van der Waals surface area contributed by atoms with E-state index >= 15 is 0 Å². The van der Waals surface area contributed by atoms with Crippen molar-refractivity contribution in [2.75, 3.05) is 47.4 Å². The van der Waals surface area contributed by atoms with Crippen molar-refractivity contribution < 1.29 is 0 Å². The molecule has 0 aliphatic carbocycles. The van der Waals surface area contributed by atoms with Crippen LogP contribution in [0.25, 0.3) is 0 Å². The second-order valence-electron chi connectivity index (χ2n) is 7.20. The predicted molar refractivity (Wildman–Crippen MR) is 115 cm³/mol. The number of rotatable bonds is 3. The van der Waals surface area contributed by atoms with Crippen LogP contribution in [0.1, 0.15) is 5.56 Å². The SMILES string of the molecule is Clc1cccc(N2CCN(c3nccc(N4CCc5ccccc54)n3)CC2)c1. The number of nitrogens with zero attached hydrogens (tertiary/aromatic N) is 5. The Hall–Kier alpha value is -2.79. The highest BCUT2D eigenvalue weighted by atomic mass is 35.5. The molecule has 142 valence electrons. The van der Waals surface area contributed by atoms with Gasteiger partial charge in [-0.15, -0.1) is 0 Å². The zero-order chi connectivity index (χ0) is 18.9. The van der Waals surface area contributed by atoms with Gasteiger partial charge in [0.25, 0.3) is 0 Å². The van der Waals surface area contributed by atoms with Gasteiger partial charge in [-0.05, 0) is 42.3 Å². The molecule has 5 nitrogen and oxygen atoms in total. The van der Waals surface area contributed by atoms with E-state index in [2.05, 4.69) is 50.0 Å². The number of hydrogen-bond acceptors (Lipinski definition) is 5. The lowest BCUT2D eigenvalue weighted by Crippen LogP contribution is -2.47. The maximum atomic E-state index is 6.14. The fraction of sp³-hybridized carbons (Fsp3) is 0.273. The molecule has 2 aliphatic heterocycles. The minimum absolute atomic E-state index is 0.779. The molecule has 1 saturated heterocycles. The first-order valence-corrected chi connectivity index (χ1v) is 10.1. The summed E-state index contributed by atoms with van der Waals surface area (Å²) in [6, 6.07) is 18.6. The number of fused-ring (bicyclic) bond motifs is 1. The Morgan fingerprint density at radius 1 is 0.821 bits per heavy atom. The lowest BCUT2D eigenvalue weighted by molar-refractivity contribution is 0.640. The van der Waals surface area contributed by atoms with Gasteiger partial charge in [0.05, 0.1) is 0 Å². The summed E-state index contributed by atoms with van der Waals surface area (Å²) in [5.74, 6) is 1.79. The van der Waals surface area contributed by atoms with Crippen LogP contribution in [0.4, 0.5) is 23.1 Å². The van der Waals surface area contributed by atoms with E-state index in [4.69, 9.17) is 16.6 Å². The Morgan fingerprint density at radius 3 is 2.50 bits per heavy atom. The van der Waals surface area contributed by atoms with E-state index in [0.717, 1.165) is 55.9 Å². The molecule has 0 atom stereocenters. The molecule has 2 aromatic carbocycles. The number of piperazine rings is 1. The van der Waals surface area contributed by atoms with Crippen molar-refractivity contribution in [3.63, 3.8) is 0 Å². The van der Waals surface area contributed by atoms with Gasteiger partial charge in [0.15, 0.2) is 0 Å². The van der Waals surface area contributed by atoms with E-state index in [-0.39, 0.29) is 0 Å². The van der Waals surface area contributed by atoms with Gasteiger partial charge in [-0.2, -0.15) is 4.98 Å². The molecule has 0 saturated carbocycles. The number of anilines is 4.